The maximum atomic E-state index is 10.3. The van der Waals surface area contributed by atoms with E-state index >= 15 is 0 Å². The minimum atomic E-state index is 0.523. The van der Waals surface area contributed by atoms with Crippen LogP contribution in [0.3, 0.4) is 0 Å². The molecule has 0 heterocycles. The molecule has 0 aliphatic carbocycles. The molecule has 4 heteroatoms. The summed E-state index contributed by atoms with van der Waals surface area (Å²) in [7, 11) is 0. The predicted molar refractivity (Wildman–Crippen MR) is 85.5 cm³/mol. The van der Waals surface area contributed by atoms with Crippen LogP contribution in [0.2, 0.25) is 10.0 Å². The molecule has 0 saturated heterocycles. The van der Waals surface area contributed by atoms with Crippen molar-refractivity contribution in [3.8, 4) is 0 Å². The van der Waals surface area contributed by atoms with Crippen molar-refractivity contribution >= 4 is 45.4 Å². The molecule has 0 aliphatic heterocycles. The number of hydrogen-bond donors (Lipinski definition) is 0. The summed E-state index contributed by atoms with van der Waals surface area (Å²) in [4.78, 5) is 10.3. The van der Waals surface area contributed by atoms with Gasteiger partial charge in [0.1, 0.15) is 0 Å². The number of benzene rings is 2. The van der Waals surface area contributed by atoms with Gasteiger partial charge >= 0.3 is 0 Å². The van der Waals surface area contributed by atoms with Gasteiger partial charge < -0.3 is 0 Å². The van der Waals surface area contributed by atoms with Crippen molar-refractivity contribution < 1.29 is 4.79 Å². The fourth-order valence-corrected chi connectivity index (χ4v) is 2.09. The van der Waals surface area contributed by atoms with Crippen LogP contribution in [0.1, 0.15) is 21.5 Å². The Labute approximate surface area is 131 Å². The van der Waals surface area contributed by atoms with Crippen molar-refractivity contribution in [1.29, 1.82) is 0 Å². The predicted octanol–water partition coefficient (Wildman–Crippen LogP) is 5.87. The molecular weight excluding hydrogens is 347 g/mol. The summed E-state index contributed by atoms with van der Waals surface area (Å²) in [5.41, 5.74) is 2.80. The third kappa shape index (κ3) is 5.35. The Hall–Kier alpha value is -0.830. The Morgan fingerprint density at radius 2 is 1.47 bits per heavy atom. The fourth-order valence-electron chi connectivity index (χ4n) is 1.33. The van der Waals surface area contributed by atoms with E-state index in [1.807, 2.05) is 38.1 Å². The van der Waals surface area contributed by atoms with E-state index in [1.54, 1.807) is 12.1 Å². The number of hydrogen-bond acceptors (Lipinski definition) is 1. The molecule has 0 radical (unpaired) electrons. The molecule has 0 fully saturated rings. The maximum absolute atomic E-state index is 10.3. The highest BCUT2D eigenvalue weighted by Gasteiger charge is 1.96. The fraction of sp³-hybridized carbons (Fsp3) is 0.133. The molecule has 0 amide bonds. The lowest BCUT2D eigenvalue weighted by Crippen LogP contribution is -1.81. The first-order valence-electron chi connectivity index (χ1n) is 5.57. The summed E-state index contributed by atoms with van der Waals surface area (Å²) in [5.74, 6) is 0. The van der Waals surface area contributed by atoms with Gasteiger partial charge in [-0.05, 0) is 65.2 Å². The van der Waals surface area contributed by atoms with E-state index < -0.39 is 0 Å². The Morgan fingerprint density at radius 1 is 0.947 bits per heavy atom. The Morgan fingerprint density at radius 3 is 1.89 bits per heavy atom. The number of aldehydes is 1. The molecule has 19 heavy (non-hydrogen) atoms. The number of halogens is 3. The summed E-state index contributed by atoms with van der Waals surface area (Å²) in [6.45, 7) is 3.94. The molecule has 0 spiro atoms. The quantitative estimate of drug-likeness (QED) is 0.581. The summed E-state index contributed by atoms with van der Waals surface area (Å²) < 4.78 is 0.953. The lowest BCUT2D eigenvalue weighted by molar-refractivity contribution is 0.112. The lowest BCUT2D eigenvalue weighted by Gasteiger charge is -1.95. The van der Waals surface area contributed by atoms with Crippen LogP contribution in [0.4, 0.5) is 0 Å². The highest BCUT2D eigenvalue weighted by Crippen LogP contribution is 2.22. The van der Waals surface area contributed by atoms with E-state index in [-0.39, 0.29) is 0 Å². The average Bonchev–Trinajstić information content (AvgIpc) is 2.35. The van der Waals surface area contributed by atoms with Gasteiger partial charge in [0.15, 0.2) is 6.29 Å². The third-order valence-corrected chi connectivity index (χ3v) is 3.92. The van der Waals surface area contributed by atoms with Crippen LogP contribution < -0.4 is 0 Å². The zero-order valence-corrected chi connectivity index (χ0v) is 13.7. The zero-order valence-electron chi connectivity index (χ0n) is 10.6. The van der Waals surface area contributed by atoms with Crippen LogP contribution >= 0.6 is 39.1 Å². The number of carbonyl (C=O) groups is 1. The second kappa shape index (κ2) is 7.68. The summed E-state index contributed by atoms with van der Waals surface area (Å²) in [6, 6.07) is 11.2. The third-order valence-electron chi connectivity index (χ3n) is 2.36. The van der Waals surface area contributed by atoms with E-state index in [0.717, 1.165) is 21.3 Å². The summed E-state index contributed by atoms with van der Waals surface area (Å²) in [5, 5.41) is 1.30. The van der Waals surface area contributed by atoms with Crippen molar-refractivity contribution in [2.75, 3.05) is 0 Å². The standard InChI is InChI=1S/C8H7ClO.C7H6BrCl/c1-6-2-3-7(5-10)8(9)4-6;1-5-2-3-6(8)7(9)4-5/h2-5H,1H3;2-4H,1H3. The van der Waals surface area contributed by atoms with Gasteiger partial charge in [-0.25, -0.2) is 0 Å². The number of rotatable bonds is 1. The van der Waals surface area contributed by atoms with Crippen LogP contribution in [0, 0.1) is 13.8 Å². The Bertz CT molecular complexity index is 582. The molecule has 0 aromatic heterocycles. The largest absolute Gasteiger partial charge is 0.298 e. The molecule has 0 bridgehead atoms. The van der Waals surface area contributed by atoms with Crippen LogP contribution in [-0.2, 0) is 0 Å². The highest BCUT2D eigenvalue weighted by atomic mass is 79.9. The van der Waals surface area contributed by atoms with Crippen LogP contribution in [-0.4, -0.2) is 6.29 Å². The molecule has 0 N–H and O–H groups in total. The normalized spacial score (nSPS) is 9.53. The molecule has 2 aromatic rings. The second-order valence-electron chi connectivity index (χ2n) is 4.06. The van der Waals surface area contributed by atoms with Crippen LogP contribution in [0.5, 0.6) is 0 Å². The van der Waals surface area contributed by atoms with Crippen molar-refractivity contribution in [2.45, 2.75) is 13.8 Å². The molecule has 2 aromatic carbocycles. The Balaban J connectivity index is 0.000000191. The molecule has 2 rings (SSSR count). The Kier molecular flexibility index (Phi) is 6.56. The smallest absolute Gasteiger partial charge is 0.151 e. The van der Waals surface area contributed by atoms with E-state index in [0.29, 0.717) is 10.6 Å². The van der Waals surface area contributed by atoms with Crippen molar-refractivity contribution in [3.05, 3.63) is 67.6 Å². The van der Waals surface area contributed by atoms with Gasteiger partial charge in [0.2, 0.25) is 0 Å². The molecule has 1 nitrogen and oxygen atoms in total. The first-order valence-corrected chi connectivity index (χ1v) is 7.12. The van der Waals surface area contributed by atoms with Gasteiger partial charge in [-0.3, -0.25) is 4.79 Å². The SMILES string of the molecule is Cc1ccc(Br)c(Cl)c1.Cc1ccc(C=O)c(Cl)c1. The van der Waals surface area contributed by atoms with E-state index in [9.17, 15) is 4.79 Å². The van der Waals surface area contributed by atoms with Gasteiger partial charge in [-0.15, -0.1) is 0 Å². The van der Waals surface area contributed by atoms with Gasteiger partial charge in [0.05, 0.1) is 10.0 Å². The van der Waals surface area contributed by atoms with Crippen molar-refractivity contribution in [3.63, 3.8) is 0 Å². The van der Waals surface area contributed by atoms with E-state index in [4.69, 9.17) is 23.2 Å². The van der Waals surface area contributed by atoms with Crippen LogP contribution in [0.15, 0.2) is 40.9 Å². The molecule has 0 atom stereocenters. The average molecular weight is 360 g/mol. The maximum Gasteiger partial charge on any atom is 0.151 e. The lowest BCUT2D eigenvalue weighted by atomic mass is 10.2. The molecule has 0 saturated carbocycles. The van der Waals surface area contributed by atoms with Crippen molar-refractivity contribution in [1.82, 2.24) is 0 Å². The minimum Gasteiger partial charge on any atom is -0.298 e. The van der Waals surface area contributed by atoms with E-state index in [2.05, 4.69) is 15.9 Å². The van der Waals surface area contributed by atoms with Gasteiger partial charge in [-0.1, -0.05) is 35.3 Å². The summed E-state index contributed by atoms with van der Waals surface area (Å²) in [6.07, 6.45) is 0.752. The summed E-state index contributed by atoms with van der Waals surface area (Å²) >= 11 is 14.8. The molecule has 100 valence electrons. The van der Waals surface area contributed by atoms with Crippen molar-refractivity contribution in [2.24, 2.45) is 0 Å². The molecular formula is C15H13BrCl2O. The van der Waals surface area contributed by atoms with Gasteiger partial charge in [-0.2, -0.15) is 0 Å². The van der Waals surface area contributed by atoms with Gasteiger partial charge in [0, 0.05) is 10.0 Å². The number of carbonyl (C=O) groups excluding carboxylic acids is 1. The minimum absolute atomic E-state index is 0.523. The second-order valence-corrected chi connectivity index (χ2v) is 5.73. The van der Waals surface area contributed by atoms with Gasteiger partial charge in [0.25, 0.3) is 0 Å². The first-order chi connectivity index (χ1) is 8.93. The molecule has 0 aliphatic rings. The van der Waals surface area contributed by atoms with Crippen LogP contribution in [0.25, 0.3) is 0 Å². The zero-order chi connectivity index (χ0) is 14.4. The molecule has 0 unspecified atom stereocenters. The first kappa shape index (κ1) is 16.2. The monoisotopic (exact) mass is 358 g/mol. The topological polar surface area (TPSA) is 17.1 Å². The number of aryl methyl sites for hydroxylation is 2. The highest BCUT2D eigenvalue weighted by molar-refractivity contribution is 9.10. The van der Waals surface area contributed by atoms with E-state index in [1.165, 1.54) is 5.56 Å².